The topological polar surface area (TPSA) is 61.4 Å². The molecule has 0 unspecified atom stereocenters. The molecule has 0 atom stereocenters. The Hall–Kier alpha value is -2.96. The van der Waals surface area contributed by atoms with Gasteiger partial charge in [-0.25, -0.2) is 8.78 Å². The number of nitrogens with zero attached hydrogens (tertiary/aromatic N) is 1. The Morgan fingerprint density at radius 3 is 2.14 bits per heavy atom. The Labute approximate surface area is 162 Å². The lowest BCUT2D eigenvalue weighted by Crippen LogP contribution is -2.41. The van der Waals surface area contributed by atoms with Gasteiger partial charge in [-0.3, -0.25) is 9.59 Å². The molecule has 7 heteroatoms. The molecule has 0 spiro atoms. The molecule has 2 aromatic rings. The molecule has 1 heterocycles. The highest BCUT2D eigenvalue weighted by Gasteiger charge is 2.36. The first-order chi connectivity index (χ1) is 13.3. The van der Waals surface area contributed by atoms with Gasteiger partial charge in [0.15, 0.2) is 0 Å². The van der Waals surface area contributed by atoms with Crippen LogP contribution in [-0.4, -0.2) is 24.9 Å². The summed E-state index contributed by atoms with van der Waals surface area (Å²) in [5, 5.41) is 5.06. The number of hydrogen-bond donors (Lipinski definition) is 2. The van der Waals surface area contributed by atoms with Crippen molar-refractivity contribution in [1.29, 1.82) is 0 Å². The van der Waals surface area contributed by atoms with Crippen molar-refractivity contribution in [1.82, 2.24) is 0 Å². The third-order valence-electron chi connectivity index (χ3n) is 4.91. The Balaban J connectivity index is 1.65. The molecule has 1 aliphatic heterocycles. The number of nitrogens with one attached hydrogen (secondary N) is 2. The van der Waals surface area contributed by atoms with Crippen LogP contribution in [0.5, 0.6) is 0 Å². The maximum absolute atomic E-state index is 13.8. The zero-order valence-electron chi connectivity index (χ0n) is 15.9. The summed E-state index contributed by atoms with van der Waals surface area (Å²) in [5.41, 5.74) is 0.0253. The predicted molar refractivity (Wildman–Crippen MR) is 105 cm³/mol. The summed E-state index contributed by atoms with van der Waals surface area (Å²) in [5.74, 6) is -2.86. The maximum atomic E-state index is 13.8. The minimum absolute atomic E-state index is 0.178. The van der Waals surface area contributed by atoms with Crippen molar-refractivity contribution in [2.75, 3.05) is 28.6 Å². The summed E-state index contributed by atoms with van der Waals surface area (Å²) in [6.07, 6.45) is 2.35. The summed E-state index contributed by atoms with van der Waals surface area (Å²) in [6, 6.07) is 10.3. The van der Waals surface area contributed by atoms with Gasteiger partial charge in [0.1, 0.15) is 17.0 Å². The van der Waals surface area contributed by atoms with Gasteiger partial charge < -0.3 is 15.5 Å². The van der Waals surface area contributed by atoms with Crippen LogP contribution in [0.2, 0.25) is 0 Å². The van der Waals surface area contributed by atoms with Crippen LogP contribution >= 0.6 is 0 Å². The second-order valence-electron chi connectivity index (χ2n) is 7.40. The molecule has 0 bridgehead atoms. The molecule has 0 aromatic heterocycles. The normalized spacial score (nSPS) is 14.1. The van der Waals surface area contributed by atoms with E-state index in [1.807, 2.05) is 12.1 Å². The third kappa shape index (κ3) is 4.30. The van der Waals surface area contributed by atoms with Gasteiger partial charge >= 0.3 is 0 Å². The van der Waals surface area contributed by atoms with E-state index in [1.165, 1.54) is 26.7 Å². The van der Waals surface area contributed by atoms with Gasteiger partial charge in [-0.1, -0.05) is 0 Å². The van der Waals surface area contributed by atoms with E-state index in [4.69, 9.17) is 0 Å². The molecule has 0 saturated carbocycles. The lowest BCUT2D eigenvalue weighted by molar-refractivity contribution is -0.135. The van der Waals surface area contributed by atoms with Gasteiger partial charge in [0.25, 0.3) is 0 Å². The molecule has 5 nitrogen and oxygen atoms in total. The molecule has 0 radical (unpaired) electrons. The number of carbonyl (C=O) groups is 2. The number of carbonyl (C=O) groups excluding carboxylic acids is 2. The van der Waals surface area contributed by atoms with Crippen LogP contribution < -0.4 is 15.5 Å². The monoisotopic (exact) mass is 387 g/mol. The minimum atomic E-state index is -1.46. The second-order valence-corrected chi connectivity index (χ2v) is 7.40. The average Bonchev–Trinajstić information content (AvgIpc) is 3.19. The van der Waals surface area contributed by atoms with Gasteiger partial charge in [-0.15, -0.1) is 0 Å². The molecule has 1 fully saturated rings. The number of anilines is 3. The second kappa shape index (κ2) is 7.96. The summed E-state index contributed by atoms with van der Waals surface area (Å²) in [4.78, 5) is 27.4. The lowest BCUT2D eigenvalue weighted by atomic mass is 9.90. The van der Waals surface area contributed by atoms with Gasteiger partial charge in [0, 0.05) is 30.5 Å². The molecule has 148 valence electrons. The lowest BCUT2D eigenvalue weighted by Gasteiger charge is -2.23. The Morgan fingerprint density at radius 2 is 1.54 bits per heavy atom. The Bertz CT molecular complexity index is 876. The van der Waals surface area contributed by atoms with Crippen molar-refractivity contribution in [3.63, 3.8) is 0 Å². The third-order valence-corrected chi connectivity index (χ3v) is 4.91. The van der Waals surface area contributed by atoms with E-state index in [0.717, 1.165) is 30.9 Å². The zero-order chi connectivity index (χ0) is 20.3. The van der Waals surface area contributed by atoms with Crippen LogP contribution in [0.3, 0.4) is 0 Å². The van der Waals surface area contributed by atoms with Crippen molar-refractivity contribution in [3.8, 4) is 0 Å². The summed E-state index contributed by atoms with van der Waals surface area (Å²) in [7, 11) is 0. The molecule has 2 aromatic carbocycles. The van der Waals surface area contributed by atoms with Gasteiger partial charge in [0.05, 0.1) is 5.69 Å². The van der Waals surface area contributed by atoms with Crippen LogP contribution in [0.1, 0.15) is 26.7 Å². The highest BCUT2D eigenvalue weighted by molar-refractivity contribution is 6.14. The van der Waals surface area contributed by atoms with Crippen molar-refractivity contribution >= 4 is 28.9 Å². The van der Waals surface area contributed by atoms with Crippen LogP contribution in [0.4, 0.5) is 25.8 Å². The summed E-state index contributed by atoms with van der Waals surface area (Å²) < 4.78 is 26.8. The summed E-state index contributed by atoms with van der Waals surface area (Å²) >= 11 is 0. The maximum Gasteiger partial charge on any atom is 0.239 e. The van der Waals surface area contributed by atoms with E-state index in [2.05, 4.69) is 15.5 Å². The van der Waals surface area contributed by atoms with E-state index in [1.54, 1.807) is 12.1 Å². The zero-order valence-corrected chi connectivity index (χ0v) is 15.9. The highest BCUT2D eigenvalue weighted by Crippen LogP contribution is 2.25. The van der Waals surface area contributed by atoms with Gasteiger partial charge in [0.2, 0.25) is 11.8 Å². The molecule has 2 N–H and O–H groups in total. The fourth-order valence-electron chi connectivity index (χ4n) is 2.99. The molecular weight excluding hydrogens is 364 g/mol. The molecular formula is C21H23F2N3O2. The van der Waals surface area contributed by atoms with Crippen LogP contribution in [0.15, 0.2) is 42.5 Å². The quantitative estimate of drug-likeness (QED) is 0.757. The van der Waals surface area contributed by atoms with E-state index < -0.39 is 28.9 Å². The van der Waals surface area contributed by atoms with Gasteiger partial charge in [-0.2, -0.15) is 0 Å². The molecule has 1 aliphatic rings. The molecule has 3 rings (SSSR count). The first kappa shape index (κ1) is 19.8. The van der Waals surface area contributed by atoms with Gasteiger partial charge in [-0.05, 0) is 63.1 Å². The largest absolute Gasteiger partial charge is 0.372 e. The highest BCUT2D eigenvalue weighted by atomic mass is 19.1. The molecule has 2 amide bonds. The van der Waals surface area contributed by atoms with E-state index in [9.17, 15) is 18.4 Å². The Morgan fingerprint density at radius 1 is 0.929 bits per heavy atom. The molecule has 1 saturated heterocycles. The van der Waals surface area contributed by atoms with E-state index in [-0.39, 0.29) is 5.69 Å². The molecule has 0 aliphatic carbocycles. The predicted octanol–water partition coefficient (Wildman–Crippen LogP) is 4.17. The number of benzene rings is 2. The van der Waals surface area contributed by atoms with Crippen molar-refractivity contribution in [3.05, 3.63) is 54.1 Å². The smallest absolute Gasteiger partial charge is 0.239 e. The number of hydrogen-bond acceptors (Lipinski definition) is 3. The van der Waals surface area contributed by atoms with Crippen molar-refractivity contribution < 1.29 is 18.4 Å². The Kier molecular flexibility index (Phi) is 5.63. The minimum Gasteiger partial charge on any atom is -0.372 e. The van der Waals surface area contributed by atoms with Crippen molar-refractivity contribution in [2.45, 2.75) is 26.7 Å². The first-order valence-electron chi connectivity index (χ1n) is 9.20. The van der Waals surface area contributed by atoms with Crippen LogP contribution in [0.25, 0.3) is 0 Å². The summed E-state index contributed by atoms with van der Waals surface area (Å²) in [6.45, 7) is 4.94. The van der Waals surface area contributed by atoms with E-state index >= 15 is 0 Å². The SMILES string of the molecule is CC(C)(C(=O)Nc1ccc(N2CCCC2)cc1)C(=O)Nc1ccc(F)cc1F. The number of halogens is 2. The number of rotatable bonds is 5. The fourth-order valence-corrected chi connectivity index (χ4v) is 2.99. The van der Waals surface area contributed by atoms with Crippen LogP contribution in [0, 0.1) is 17.0 Å². The average molecular weight is 387 g/mol. The molecule has 28 heavy (non-hydrogen) atoms. The number of amides is 2. The van der Waals surface area contributed by atoms with E-state index in [0.29, 0.717) is 11.8 Å². The standard InChI is InChI=1S/C21H23F2N3O2/c1-21(2,20(28)25-18-10-5-14(22)13-17(18)23)19(27)24-15-6-8-16(9-7-15)26-11-3-4-12-26/h5-10,13H,3-4,11-12H2,1-2H3,(H,24,27)(H,25,28). The first-order valence-corrected chi connectivity index (χ1v) is 9.20. The van der Waals surface area contributed by atoms with Crippen molar-refractivity contribution in [2.24, 2.45) is 5.41 Å². The fraction of sp³-hybridized carbons (Fsp3) is 0.333. The van der Waals surface area contributed by atoms with Crippen LogP contribution in [-0.2, 0) is 9.59 Å².